The number of carbonyl (C=O) groups is 2. The molecule has 1 atom stereocenters. The summed E-state index contributed by atoms with van der Waals surface area (Å²) in [5, 5.41) is 0. The first kappa shape index (κ1) is 20.2. The van der Waals surface area contributed by atoms with Gasteiger partial charge in [0.25, 0.3) is 0 Å². The summed E-state index contributed by atoms with van der Waals surface area (Å²) in [6.07, 6.45) is 3.00. The van der Waals surface area contributed by atoms with E-state index >= 15 is 0 Å². The molecule has 0 spiro atoms. The van der Waals surface area contributed by atoms with Gasteiger partial charge in [-0.15, -0.1) is 23.5 Å². The van der Waals surface area contributed by atoms with Crippen molar-refractivity contribution >= 4 is 35.3 Å². The maximum atomic E-state index is 12.9. The van der Waals surface area contributed by atoms with Crippen LogP contribution in [0.15, 0.2) is 46.9 Å². The summed E-state index contributed by atoms with van der Waals surface area (Å²) < 4.78 is 17.6. The number of thioether (sulfide) groups is 2. The first-order valence-electron chi connectivity index (χ1n) is 8.67. The zero-order valence-electron chi connectivity index (χ0n) is 15.7. The molecule has 0 fully saturated rings. The second-order valence-corrected chi connectivity index (χ2v) is 8.65. The van der Waals surface area contributed by atoms with Crippen molar-refractivity contribution in [3.8, 4) is 0 Å². The molecule has 2 aliphatic rings. The Morgan fingerprint density at radius 3 is 2.37 bits per heavy atom. The number of hydrogen-bond donors (Lipinski definition) is 0. The molecule has 1 aliphatic heterocycles. The van der Waals surface area contributed by atoms with Gasteiger partial charge in [-0.3, -0.25) is 4.79 Å². The Morgan fingerprint density at radius 2 is 1.74 bits per heavy atom. The van der Waals surface area contributed by atoms with Crippen molar-refractivity contribution in [2.24, 2.45) is 0 Å². The summed E-state index contributed by atoms with van der Waals surface area (Å²) in [6.45, 7) is 3.98. The van der Waals surface area contributed by atoms with Crippen molar-refractivity contribution in [2.45, 2.75) is 24.6 Å². The van der Waals surface area contributed by atoms with E-state index < -0.39 is 16.7 Å². The van der Waals surface area contributed by atoms with Gasteiger partial charge in [0.2, 0.25) is 10.7 Å². The smallest absolute Gasteiger partial charge is 0.333 e. The van der Waals surface area contributed by atoms with E-state index in [-0.39, 0.29) is 5.78 Å². The lowest BCUT2D eigenvalue weighted by molar-refractivity contribution is -0.197. The van der Waals surface area contributed by atoms with Crippen LogP contribution in [0.3, 0.4) is 0 Å². The van der Waals surface area contributed by atoms with E-state index in [1.807, 2.05) is 26.0 Å². The van der Waals surface area contributed by atoms with Crippen LogP contribution in [0.25, 0.3) is 0 Å². The van der Waals surface area contributed by atoms with Crippen molar-refractivity contribution in [3.05, 3.63) is 58.0 Å². The first-order chi connectivity index (χ1) is 13.0. The lowest BCUT2D eigenvalue weighted by atomic mass is 9.82. The van der Waals surface area contributed by atoms with Crippen LogP contribution >= 0.6 is 23.5 Å². The zero-order valence-corrected chi connectivity index (χ0v) is 17.4. The van der Waals surface area contributed by atoms with E-state index in [9.17, 15) is 9.59 Å². The monoisotopic (exact) mass is 406 g/mol. The van der Waals surface area contributed by atoms with Crippen molar-refractivity contribution in [2.75, 3.05) is 25.7 Å². The summed E-state index contributed by atoms with van der Waals surface area (Å²) >= 11 is 2.96. The van der Waals surface area contributed by atoms with Gasteiger partial charge < -0.3 is 14.2 Å². The number of ketones is 1. The average Bonchev–Trinajstić information content (AvgIpc) is 2.98. The molecule has 0 aromatic heterocycles. The van der Waals surface area contributed by atoms with Gasteiger partial charge in [-0.2, -0.15) is 0 Å². The highest BCUT2D eigenvalue weighted by Gasteiger charge is 2.58. The Balaban J connectivity index is 2.28. The molecule has 0 radical (unpaired) electrons. The van der Waals surface area contributed by atoms with Gasteiger partial charge in [0.1, 0.15) is 0 Å². The summed E-state index contributed by atoms with van der Waals surface area (Å²) in [5.74, 6) is -0.486. The number of cyclic esters (lactones) is 1. The van der Waals surface area contributed by atoms with Crippen LogP contribution in [0.2, 0.25) is 0 Å². The summed E-state index contributed by atoms with van der Waals surface area (Å²) in [4.78, 5) is 24.8. The maximum Gasteiger partial charge on any atom is 0.333 e. The van der Waals surface area contributed by atoms with Crippen LogP contribution in [-0.2, 0) is 24.8 Å². The van der Waals surface area contributed by atoms with Gasteiger partial charge in [0, 0.05) is 31.4 Å². The largest absolute Gasteiger partial charge is 0.435 e. The van der Waals surface area contributed by atoms with Crippen molar-refractivity contribution in [1.82, 2.24) is 0 Å². The Hall–Kier alpha value is -1.54. The van der Waals surface area contributed by atoms with Crippen LogP contribution in [0.4, 0.5) is 0 Å². The summed E-state index contributed by atoms with van der Waals surface area (Å²) in [7, 11) is 3.06. The van der Waals surface area contributed by atoms with E-state index in [0.717, 1.165) is 10.7 Å². The molecule has 27 heavy (non-hydrogen) atoms. The maximum absolute atomic E-state index is 12.9. The van der Waals surface area contributed by atoms with Gasteiger partial charge in [-0.1, -0.05) is 38.1 Å². The van der Waals surface area contributed by atoms with Crippen LogP contribution in [-0.4, -0.2) is 42.4 Å². The first-order valence-corrected chi connectivity index (χ1v) is 10.6. The summed E-state index contributed by atoms with van der Waals surface area (Å²) in [5.41, 5.74) is 1.60. The van der Waals surface area contributed by atoms with Crippen LogP contribution in [0.1, 0.15) is 29.8 Å². The van der Waals surface area contributed by atoms with E-state index in [1.54, 1.807) is 12.1 Å². The molecule has 1 aliphatic carbocycles. The third-order valence-corrected chi connectivity index (χ3v) is 6.92. The molecule has 1 heterocycles. The molecule has 3 rings (SSSR count). The average molecular weight is 407 g/mol. The number of allylic oxidation sites excluding steroid dienone is 1. The SMILES string of the molecule is CCSC1=CC(=O)OC1(SCC)C1=CC(=O)c2ccccc2C1(OC)OC. The molecule has 0 amide bonds. The lowest BCUT2D eigenvalue weighted by Gasteiger charge is -2.44. The van der Waals surface area contributed by atoms with E-state index in [4.69, 9.17) is 14.2 Å². The van der Waals surface area contributed by atoms with Gasteiger partial charge >= 0.3 is 5.97 Å². The van der Waals surface area contributed by atoms with Crippen molar-refractivity contribution in [1.29, 1.82) is 0 Å². The molecule has 144 valence electrons. The highest BCUT2D eigenvalue weighted by Crippen LogP contribution is 2.56. The fourth-order valence-corrected chi connectivity index (χ4v) is 5.84. The predicted octanol–water partition coefficient (Wildman–Crippen LogP) is 3.90. The number of methoxy groups -OCH3 is 2. The molecule has 5 nitrogen and oxygen atoms in total. The van der Waals surface area contributed by atoms with Crippen molar-refractivity contribution in [3.63, 3.8) is 0 Å². The fraction of sp³-hybridized carbons (Fsp3) is 0.400. The molecule has 1 aromatic carbocycles. The molecule has 0 saturated carbocycles. The molecule has 7 heteroatoms. The molecule has 0 N–H and O–H groups in total. The number of benzene rings is 1. The quantitative estimate of drug-likeness (QED) is 0.503. The zero-order chi connectivity index (χ0) is 19.7. The normalized spacial score (nSPS) is 23.6. The highest BCUT2D eigenvalue weighted by atomic mass is 32.2. The number of rotatable bonds is 7. The third kappa shape index (κ3) is 3.06. The molecular weight excluding hydrogens is 384 g/mol. The topological polar surface area (TPSA) is 61.8 Å². The Morgan fingerprint density at radius 1 is 1.04 bits per heavy atom. The number of esters is 1. The minimum atomic E-state index is -1.33. The number of ether oxygens (including phenoxy) is 3. The fourth-order valence-electron chi connectivity index (χ4n) is 3.55. The number of carbonyl (C=O) groups excluding carboxylic acids is 2. The van der Waals surface area contributed by atoms with E-state index in [0.29, 0.717) is 22.5 Å². The minimum Gasteiger partial charge on any atom is -0.435 e. The van der Waals surface area contributed by atoms with E-state index in [2.05, 4.69) is 0 Å². The second-order valence-electron chi connectivity index (χ2n) is 5.90. The second kappa shape index (κ2) is 7.83. The van der Waals surface area contributed by atoms with Crippen LogP contribution in [0.5, 0.6) is 0 Å². The summed E-state index contributed by atoms with van der Waals surface area (Å²) in [6, 6.07) is 7.19. The molecule has 0 bridgehead atoms. The minimum absolute atomic E-state index is 0.162. The molecular formula is C20H22O5S2. The molecule has 0 saturated heterocycles. The molecule has 1 aromatic rings. The Labute approximate surface area is 167 Å². The predicted molar refractivity (Wildman–Crippen MR) is 108 cm³/mol. The highest BCUT2D eigenvalue weighted by molar-refractivity contribution is 8.06. The van der Waals surface area contributed by atoms with Gasteiger partial charge in [0.05, 0.1) is 10.5 Å². The number of fused-ring (bicyclic) bond motifs is 1. The van der Waals surface area contributed by atoms with Gasteiger partial charge in [0.15, 0.2) is 5.78 Å². The van der Waals surface area contributed by atoms with Crippen LogP contribution < -0.4 is 0 Å². The Kier molecular flexibility index (Phi) is 5.86. The van der Waals surface area contributed by atoms with Crippen molar-refractivity contribution < 1.29 is 23.8 Å². The number of hydrogen-bond acceptors (Lipinski definition) is 7. The Bertz CT molecular complexity index is 825. The standard InChI is InChI=1S/C20H22O5S2/c1-5-26-17-12-18(22)25-20(17,27-6-2)16-11-15(21)13-9-7-8-10-14(13)19(16,23-3)24-4/h7-12H,5-6H2,1-4H3. The van der Waals surface area contributed by atoms with Gasteiger partial charge in [-0.05, 0) is 17.6 Å². The van der Waals surface area contributed by atoms with E-state index in [1.165, 1.54) is 49.9 Å². The van der Waals surface area contributed by atoms with Crippen LogP contribution in [0, 0.1) is 0 Å². The lowest BCUT2D eigenvalue weighted by Crippen LogP contribution is -2.47. The van der Waals surface area contributed by atoms with Gasteiger partial charge in [-0.25, -0.2) is 4.79 Å². The third-order valence-electron chi connectivity index (χ3n) is 4.57. The molecule has 1 unspecified atom stereocenters.